The Balaban J connectivity index is 1.89. The SMILES string of the molecule is Cc1ccc(C(=O)NCC(=O)OCC(=O)Nc2ccc(C(F)(F)F)cc2[N+](=O)[O-])cc1C. The summed E-state index contributed by atoms with van der Waals surface area (Å²) in [4.78, 5) is 45.6. The molecule has 0 aliphatic carbocycles. The summed E-state index contributed by atoms with van der Waals surface area (Å²) in [6, 6.07) is 6.53. The number of alkyl halides is 3. The van der Waals surface area contributed by atoms with Crippen molar-refractivity contribution < 1.29 is 37.2 Å². The highest BCUT2D eigenvalue weighted by Crippen LogP contribution is 2.34. The first-order chi connectivity index (χ1) is 14.9. The number of esters is 1. The Morgan fingerprint density at radius 2 is 1.75 bits per heavy atom. The number of benzene rings is 2. The maximum Gasteiger partial charge on any atom is 0.416 e. The zero-order valence-electron chi connectivity index (χ0n) is 16.9. The van der Waals surface area contributed by atoms with Gasteiger partial charge in [0.1, 0.15) is 12.2 Å². The third-order valence-corrected chi connectivity index (χ3v) is 4.32. The van der Waals surface area contributed by atoms with Gasteiger partial charge in [0, 0.05) is 11.6 Å². The third kappa shape index (κ3) is 6.52. The van der Waals surface area contributed by atoms with E-state index >= 15 is 0 Å². The molecule has 2 amide bonds. The number of ether oxygens (including phenoxy) is 1. The molecule has 2 rings (SSSR count). The number of hydrogen-bond donors (Lipinski definition) is 2. The first-order valence-corrected chi connectivity index (χ1v) is 9.05. The normalized spacial score (nSPS) is 10.9. The molecular weight excluding hydrogens is 435 g/mol. The Bertz CT molecular complexity index is 1070. The summed E-state index contributed by atoms with van der Waals surface area (Å²) in [6.07, 6.45) is -4.80. The number of nitrogens with one attached hydrogen (secondary N) is 2. The highest BCUT2D eigenvalue weighted by Gasteiger charge is 2.33. The summed E-state index contributed by atoms with van der Waals surface area (Å²) in [5, 5.41) is 15.4. The summed E-state index contributed by atoms with van der Waals surface area (Å²) in [5.74, 6) is -2.50. The first kappa shape index (κ1) is 24.3. The minimum atomic E-state index is -4.80. The largest absolute Gasteiger partial charge is 0.454 e. The number of rotatable bonds is 7. The van der Waals surface area contributed by atoms with Gasteiger partial charge in [-0.2, -0.15) is 13.2 Å². The number of nitro benzene ring substituents is 1. The fraction of sp³-hybridized carbons (Fsp3) is 0.250. The highest BCUT2D eigenvalue weighted by molar-refractivity contribution is 5.97. The molecule has 2 N–H and O–H groups in total. The molecule has 0 atom stereocenters. The Morgan fingerprint density at radius 1 is 1.06 bits per heavy atom. The second kappa shape index (κ2) is 9.90. The minimum absolute atomic E-state index is 0.282. The first-order valence-electron chi connectivity index (χ1n) is 9.05. The van der Waals surface area contributed by atoms with Crippen molar-refractivity contribution in [3.8, 4) is 0 Å². The van der Waals surface area contributed by atoms with Gasteiger partial charge in [-0.25, -0.2) is 0 Å². The molecule has 170 valence electrons. The number of nitro groups is 1. The van der Waals surface area contributed by atoms with Gasteiger partial charge in [-0.1, -0.05) is 6.07 Å². The third-order valence-electron chi connectivity index (χ3n) is 4.32. The Morgan fingerprint density at radius 3 is 2.34 bits per heavy atom. The number of nitrogens with zero attached hydrogens (tertiary/aromatic N) is 1. The Kier molecular flexibility index (Phi) is 7.52. The van der Waals surface area contributed by atoms with Crippen LogP contribution in [0, 0.1) is 24.0 Å². The maximum absolute atomic E-state index is 12.7. The highest BCUT2D eigenvalue weighted by atomic mass is 19.4. The molecule has 12 heteroatoms. The van der Waals surface area contributed by atoms with E-state index in [0.717, 1.165) is 17.2 Å². The Labute approximate surface area is 179 Å². The van der Waals surface area contributed by atoms with Crippen molar-refractivity contribution in [3.63, 3.8) is 0 Å². The molecule has 0 aliphatic rings. The van der Waals surface area contributed by atoms with E-state index in [4.69, 9.17) is 0 Å². The van der Waals surface area contributed by atoms with E-state index in [2.05, 4.69) is 10.1 Å². The van der Waals surface area contributed by atoms with Gasteiger partial charge >= 0.3 is 12.1 Å². The molecule has 2 aromatic rings. The summed E-state index contributed by atoms with van der Waals surface area (Å²) in [5.41, 5.74) is -0.525. The van der Waals surface area contributed by atoms with Crippen molar-refractivity contribution in [1.82, 2.24) is 5.32 Å². The average Bonchev–Trinajstić information content (AvgIpc) is 2.71. The lowest BCUT2D eigenvalue weighted by Crippen LogP contribution is -2.32. The van der Waals surface area contributed by atoms with E-state index in [1.54, 1.807) is 18.2 Å². The Hall–Kier alpha value is -3.96. The molecule has 0 aliphatic heterocycles. The molecule has 0 spiro atoms. The zero-order valence-corrected chi connectivity index (χ0v) is 16.9. The van der Waals surface area contributed by atoms with E-state index in [0.29, 0.717) is 11.6 Å². The van der Waals surface area contributed by atoms with Crippen LogP contribution in [-0.4, -0.2) is 35.9 Å². The fourth-order valence-electron chi connectivity index (χ4n) is 2.49. The van der Waals surface area contributed by atoms with Crippen LogP contribution in [0.5, 0.6) is 0 Å². The lowest BCUT2D eigenvalue weighted by atomic mass is 10.1. The number of carbonyl (C=O) groups is 3. The van der Waals surface area contributed by atoms with E-state index in [-0.39, 0.29) is 6.07 Å². The number of amides is 2. The van der Waals surface area contributed by atoms with Crippen molar-refractivity contribution in [2.24, 2.45) is 0 Å². The van der Waals surface area contributed by atoms with Crippen LogP contribution in [0.1, 0.15) is 27.0 Å². The number of halogens is 3. The van der Waals surface area contributed by atoms with Gasteiger partial charge in [-0.05, 0) is 49.2 Å². The van der Waals surface area contributed by atoms with Gasteiger partial charge in [0.2, 0.25) is 0 Å². The molecule has 0 fully saturated rings. The van der Waals surface area contributed by atoms with E-state index < -0.39 is 59.0 Å². The molecule has 0 saturated carbocycles. The second-order valence-corrected chi connectivity index (χ2v) is 6.68. The van der Waals surface area contributed by atoms with Gasteiger partial charge in [0.05, 0.1) is 10.5 Å². The molecule has 32 heavy (non-hydrogen) atoms. The maximum atomic E-state index is 12.7. The molecule has 0 bridgehead atoms. The number of hydrogen-bond acceptors (Lipinski definition) is 6. The summed E-state index contributed by atoms with van der Waals surface area (Å²) >= 11 is 0. The summed E-state index contributed by atoms with van der Waals surface area (Å²) < 4.78 is 42.8. The molecule has 0 saturated heterocycles. The van der Waals surface area contributed by atoms with Crippen molar-refractivity contribution >= 4 is 29.2 Å². The molecule has 0 aromatic heterocycles. The summed E-state index contributed by atoms with van der Waals surface area (Å²) in [6.45, 7) is 2.29. The number of aryl methyl sites for hydroxylation is 2. The minimum Gasteiger partial charge on any atom is -0.454 e. The van der Waals surface area contributed by atoms with E-state index in [9.17, 15) is 37.7 Å². The van der Waals surface area contributed by atoms with Crippen molar-refractivity contribution in [2.45, 2.75) is 20.0 Å². The van der Waals surface area contributed by atoms with Crippen LogP contribution >= 0.6 is 0 Å². The number of anilines is 1. The summed E-state index contributed by atoms with van der Waals surface area (Å²) in [7, 11) is 0. The quantitative estimate of drug-likeness (QED) is 0.377. The van der Waals surface area contributed by atoms with Crippen LogP contribution in [0.25, 0.3) is 0 Å². The van der Waals surface area contributed by atoms with Crippen LogP contribution in [0.3, 0.4) is 0 Å². The van der Waals surface area contributed by atoms with Crippen LogP contribution in [0.15, 0.2) is 36.4 Å². The van der Waals surface area contributed by atoms with E-state index in [1.165, 1.54) is 0 Å². The lowest BCUT2D eigenvalue weighted by Gasteiger charge is -2.10. The van der Waals surface area contributed by atoms with Gasteiger partial charge in [-0.15, -0.1) is 0 Å². The second-order valence-electron chi connectivity index (χ2n) is 6.68. The van der Waals surface area contributed by atoms with Crippen LogP contribution in [0.2, 0.25) is 0 Å². The average molecular weight is 453 g/mol. The van der Waals surface area contributed by atoms with Crippen molar-refractivity contribution in [1.29, 1.82) is 0 Å². The van der Waals surface area contributed by atoms with Gasteiger partial charge in [0.25, 0.3) is 17.5 Å². The van der Waals surface area contributed by atoms with Crippen molar-refractivity contribution in [2.75, 3.05) is 18.5 Å². The smallest absolute Gasteiger partial charge is 0.416 e. The lowest BCUT2D eigenvalue weighted by molar-refractivity contribution is -0.384. The van der Waals surface area contributed by atoms with Gasteiger partial charge in [0.15, 0.2) is 6.61 Å². The van der Waals surface area contributed by atoms with Gasteiger partial charge < -0.3 is 15.4 Å². The van der Waals surface area contributed by atoms with Gasteiger partial charge in [-0.3, -0.25) is 24.5 Å². The molecular formula is C20H18F3N3O6. The van der Waals surface area contributed by atoms with Crippen molar-refractivity contribution in [3.05, 3.63) is 68.8 Å². The van der Waals surface area contributed by atoms with Crippen LogP contribution in [-0.2, 0) is 20.5 Å². The van der Waals surface area contributed by atoms with E-state index in [1.807, 2.05) is 19.2 Å². The molecule has 2 aromatic carbocycles. The zero-order chi connectivity index (χ0) is 24.1. The molecule has 0 heterocycles. The molecule has 0 unspecified atom stereocenters. The number of carbonyl (C=O) groups excluding carboxylic acids is 3. The monoisotopic (exact) mass is 453 g/mol. The topological polar surface area (TPSA) is 128 Å². The van der Waals surface area contributed by atoms with Crippen LogP contribution < -0.4 is 10.6 Å². The predicted octanol–water partition coefficient (Wildman–Crippen LogP) is 3.14. The fourth-order valence-corrected chi connectivity index (χ4v) is 2.49. The molecule has 9 nitrogen and oxygen atoms in total. The van der Waals surface area contributed by atoms with Crippen LogP contribution in [0.4, 0.5) is 24.5 Å². The molecule has 0 radical (unpaired) electrons. The standard InChI is InChI=1S/C20H18F3N3O6/c1-11-3-4-13(7-12(11)2)19(29)24-9-18(28)32-10-17(27)25-15-6-5-14(20(21,22)23)8-16(15)26(30)31/h3-8H,9-10H2,1-2H3,(H,24,29)(H,25,27). The predicted molar refractivity (Wildman–Crippen MR) is 106 cm³/mol.